The Morgan fingerprint density at radius 2 is 2.06 bits per heavy atom. The Kier molecular flexibility index (Phi) is 5.20. The average molecular weight is 443 g/mol. The molecule has 2 amide bonds. The van der Waals surface area contributed by atoms with Gasteiger partial charge in [0.2, 0.25) is 11.9 Å². The fraction of sp³-hybridized carbons (Fsp3) is 0.250. The molecule has 4 N–H and O–H groups in total. The predicted molar refractivity (Wildman–Crippen MR) is 111 cm³/mol. The molecule has 0 radical (unpaired) electrons. The standard InChI is InChI=1S/C20H19F2N7O3/c1-29-7-6-13(28-29)10-4-3-5-14(15(10)32-2)25-17-11(16(23)30)9-24-19(26-17)27-18(31)12-8-20(12,21)22/h3-7,9,12H,8H2,1-2H3,(H2,23,30)(H2,24,25,26,27,31). The van der Waals surface area contributed by atoms with Gasteiger partial charge >= 0.3 is 0 Å². The van der Waals surface area contributed by atoms with Crippen LogP contribution in [0.25, 0.3) is 11.3 Å². The number of anilines is 3. The number of nitrogens with one attached hydrogen (secondary N) is 2. The maximum atomic E-state index is 13.2. The van der Waals surface area contributed by atoms with Gasteiger partial charge < -0.3 is 15.8 Å². The lowest BCUT2D eigenvalue weighted by molar-refractivity contribution is -0.119. The molecule has 1 atom stereocenters. The Balaban J connectivity index is 1.67. The summed E-state index contributed by atoms with van der Waals surface area (Å²) >= 11 is 0. The van der Waals surface area contributed by atoms with E-state index in [1.165, 1.54) is 7.11 Å². The third-order valence-electron chi connectivity index (χ3n) is 4.89. The van der Waals surface area contributed by atoms with Gasteiger partial charge in [-0.15, -0.1) is 0 Å². The van der Waals surface area contributed by atoms with Gasteiger partial charge in [-0.2, -0.15) is 10.1 Å². The first-order chi connectivity index (χ1) is 15.2. The molecule has 1 aromatic carbocycles. The summed E-state index contributed by atoms with van der Waals surface area (Å²) < 4.78 is 33.5. The van der Waals surface area contributed by atoms with E-state index in [1.54, 1.807) is 30.1 Å². The molecular formula is C20H19F2N7O3. The third-order valence-corrected chi connectivity index (χ3v) is 4.89. The average Bonchev–Trinajstić information content (AvgIpc) is 3.17. The lowest BCUT2D eigenvalue weighted by atomic mass is 10.1. The summed E-state index contributed by atoms with van der Waals surface area (Å²) in [6.07, 6.45) is 2.36. The number of benzene rings is 1. The molecule has 1 aliphatic rings. The van der Waals surface area contributed by atoms with E-state index in [0.717, 1.165) is 6.20 Å². The summed E-state index contributed by atoms with van der Waals surface area (Å²) in [6.45, 7) is 0. The molecule has 1 aliphatic carbocycles. The largest absolute Gasteiger partial charge is 0.494 e. The quantitative estimate of drug-likeness (QED) is 0.510. The van der Waals surface area contributed by atoms with Crippen LogP contribution in [0, 0.1) is 5.92 Å². The number of alkyl halides is 2. The van der Waals surface area contributed by atoms with Crippen LogP contribution in [0.5, 0.6) is 5.75 Å². The number of methoxy groups -OCH3 is 1. The second kappa shape index (κ2) is 7.87. The van der Waals surface area contributed by atoms with Gasteiger partial charge in [-0.1, -0.05) is 6.07 Å². The van der Waals surface area contributed by atoms with Crippen molar-refractivity contribution in [2.24, 2.45) is 18.7 Å². The topological polar surface area (TPSA) is 137 Å². The summed E-state index contributed by atoms with van der Waals surface area (Å²) in [6, 6.07) is 7.05. The zero-order valence-electron chi connectivity index (χ0n) is 17.1. The smallest absolute Gasteiger partial charge is 0.260 e. The van der Waals surface area contributed by atoms with E-state index in [9.17, 15) is 18.4 Å². The molecule has 4 rings (SSSR count). The van der Waals surface area contributed by atoms with Gasteiger partial charge in [0.15, 0.2) is 5.75 Å². The highest BCUT2D eigenvalue weighted by Gasteiger charge is 2.61. The minimum atomic E-state index is -3.03. The van der Waals surface area contributed by atoms with Crippen LogP contribution < -0.4 is 21.1 Å². The van der Waals surface area contributed by atoms with Gasteiger partial charge in [0.1, 0.15) is 17.3 Å². The maximum Gasteiger partial charge on any atom is 0.260 e. The van der Waals surface area contributed by atoms with Crippen LogP contribution in [-0.4, -0.2) is 44.6 Å². The van der Waals surface area contributed by atoms with Gasteiger partial charge in [-0.05, 0) is 18.2 Å². The monoisotopic (exact) mass is 443 g/mol. The molecule has 10 nitrogen and oxygen atoms in total. The third kappa shape index (κ3) is 4.06. The molecule has 0 bridgehead atoms. The van der Waals surface area contributed by atoms with Gasteiger partial charge in [0, 0.05) is 31.4 Å². The number of carbonyl (C=O) groups excluding carboxylic acids is 2. The molecule has 1 saturated carbocycles. The van der Waals surface area contributed by atoms with Gasteiger partial charge in [-0.3, -0.25) is 19.6 Å². The van der Waals surface area contributed by atoms with Crippen LogP contribution in [0.4, 0.5) is 26.2 Å². The highest BCUT2D eigenvalue weighted by Crippen LogP contribution is 2.49. The number of hydrogen-bond acceptors (Lipinski definition) is 7. The maximum absolute atomic E-state index is 13.2. The summed E-state index contributed by atoms with van der Waals surface area (Å²) in [5.41, 5.74) is 7.12. The SMILES string of the molecule is COc1c(Nc2nc(NC(=O)C3CC3(F)F)ncc2C(N)=O)cccc1-c1ccn(C)n1. The summed E-state index contributed by atoms with van der Waals surface area (Å²) in [5, 5.41) is 9.56. The minimum Gasteiger partial charge on any atom is -0.494 e. The number of para-hydroxylation sites is 1. The summed E-state index contributed by atoms with van der Waals surface area (Å²) in [7, 11) is 3.26. The van der Waals surface area contributed by atoms with Crippen molar-refractivity contribution in [3.8, 4) is 17.0 Å². The fourth-order valence-corrected chi connectivity index (χ4v) is 3.16. The lowest BCUT2D eigenvalue weighted by Gasteiger charge is -2.15. The molecule has 0 spiro atoms. The predicted octanol–water partition coefficient (Wildman–Crippen LogP) is 2.32. The number of rotatable bonds is 7. The zero-order valence-corrected chi connectivity index (χ0v) is 17.1. The second-order valence-electron chi connectivity index (χ2n) is 7.21. The molecule has 2 heterocycles. The molecule has 1 unspecified atom stereocenters. The van der Waals surface area contributed by atoms with E-state index >= 15 is 0 Å². The Labute approximate surface area is 180 Å². The van der Waals surface area contributed by atoms with Crippen LogP contribution in [0.15, 0.2) is 36.7 Å². The lowest BCUT2D eigenvalue weighted by Crippen LogP contribution is -2.21. The molecule has 32 heavy (non-hydrogen) atoms. The number of primary amides is 1. The van der Waals surface area contributed by atoms with E-state index in [1.807, 2.05) is 12.1 Å². The Morgan fingerprint density at radius 1 is 1.31 bits per heavy atom. The molecule has 1 fully saturated rings. The van der Waals surface area contributed by atoms with Gasteiger partial charge in [0.25, 0.3) is 11.8 Å². The van der Waals surface area contributed by atoms with Gasteiger partial charge in [-0.25, -0.2) is 13.8 Å². The van der Waals surface area contributed by atoms with Crippen LogP contribution >= 0.6 is 0 Å². The molecule has 0 saturated heterocycles. The second-order valence-corrected chi connectivity index (χ2v) is 7.21. The zero-order chi connectivity index (χ0) is 23.0. The number of nitrogens with two attached hydrogens (primary N) is 1. The molecule has 2 aromatic heterocycles. The summed E-state index contributed by atoms with van der Waals surface area (Å²) in [4.78, 5) is 31.8. The summed E-state index contributed by atoms with van der Waals surface area (Å²) in [5.74, 6) is -6.03. The number of amides is 2. The molecule has 0 aliphatic heterocycles. The first-order valence-corrected chi connectivity index (χ1v) is 9.49. The van der Waals surface area contributed by atoms with Crippen molar-refractivity contribution in [2.75, 3.05) is 17.7 Å². The Morgan fingerprint density at radius 3 is 2.66 bits per heavy atom. The number of nitrogens with zero attached hydrogens (tertiary/aromatic N) is 4. The molecular weight excluding hydrogens is 424 g/mol. The number of halogens is 2. The Bertz CT molecular complexity index is 1210. The van der Waals surface area contributed by atoms with Crippen LogP contribution in [0.2, 0.25) is 0 Å². The molecule has 166 valence electrons. The van der Waals surface area contributed by atoms with Crippen molar-refractivity contribution in [3.63, 3.8) is 0 Å². The van der Waals surface area contributed by atoms with Crippen molar-refractivity contribution in [3.05, 3.63) is 42.2 Å². The molecule has 12 heteroatoms. The number of hydrogen-bond donors (Lipinski definition) is 3. The van der Waals surface area contributed by atoms with Crippen molar-refractivity contribution >= 4 is 29.3 Å². The van der Waals surface area contributed by atoms with Crippen molar-refractivity contribution < 1.29 is 23.1 Å². The van der Waals surface area contributed by atoms with E-state index in [4.69, 9.17) is 10.5 Å². The highest BCUT2D eigenvalue weighted by molar-refractivity contribution is 5.99. The van der Waals surface area contributed by atoms with E-state index < -0.39 is 30.1 Å². The number of aryl methyl sites for hydroxylation is 1. The Hall–Kier alpha value is -4.09. The van der Waals surface area contributed by atoms with Crippen LogP contribution in [-0.2, 0) is 11.8 Å². The van der Waals surface area contributed by atoms with Crippen molar-refractivity contribution in [1.82, 2.24) is 19.7 Å². The fourth-order valence-electron chi connectivity index (χ4n) is 3.16. The number of aromatic nitrogens is 4. The molecule has 3 aromatic rings. The number of carbonyl (C=O) groups is 2. The minimum absolute atomic E-state index is 0.0261. The van der Waals surface area contributed by atoms with Crippen LogP contribution in [0.1, 0.15) is 16.8 Å². The van der Waals surface area contributed by atoms with Crippen molar-refractivity contribution in [1.29, 1.82) is 0 Å². The van der Waals surface area contributed by atoms with E-state index in [-0.39, 0.29) is 17.3 Å². The van der Waals surface area contributed by atoms with Gasteiger partial charge in [0.05, 0.1) is 18.5 Å². The number of ether oxygens (including phenoxy) is 1. The van der Waals surface area contributed by atoms with E-state index in [2.05, 4.69) is 25.7 Å². The first-order valence-electron chi connectivity index (χ1n) is 9.49. The highest BCUT2D eigenvalue weighted by atomic mass is 19.3. The first kappa shape index (κ1) is 21.2. The van der Waals surface area contributed by atoms with E-state index in [0.29, 0.717) is 22.7 Å². The van der Waals surface area contributed by atoms with Crippen molar-refractivity contribution in [2.45, 2.75) is 12.3 Å². The van der Waals surface area contributed by atoms with Crippen LogP contribution in [0.3, 0.4) is 0 Å². The normalized spacial score (nSPS) is 16.3.